The van der Waals surface area contributed by atoms with Gasteiger partial charge >= 0.3 is 0 Å². The molecule has 0 bridgehead atoms. The quantitative estimate of drug-likeness (QED) is 0.755. The third-order valence-electron chi connectivity index (χ3n) is 1.36. The highest BCUT2D eigenvalue weighted by Crippen LogP contribution is 2.15. The molecular formula is C13H18O2. The summed E-state index contributed by atoms with van der Waals surface area (Å²) in [4.78, 5) is 8.00. The van der Waals surface area contributed by atoms with Gasteiger partial charge in [-0.25, -0.2) is 0 Å². The zero-order chi connectivity index (χ0) is 12.1. The van der Waals surface area contributed by atoms with Gasteiger partial charge in [-0.15, -0.1) is 13.2 Å². The molecule has 0 aliphatic carbocycles. The largest absolute Gasteiger partial charge is 0.508 e. The molecule has 0 heterocycles. The molecule has 2 heteroatoms. The first-order valence-electron chi connectivity index (χ1n) is 4.50. The number of aromatic hydroxyl groups is 1. The van der Waals surface area contributed by atoms with E-state index >= 15 is 0 Å². The molecule has 0 saturated heterocycles. The number of phenolic OH excluding ortho intramolecular Hbond substituents is 1. The number of carbonyl (C=O) groups excluding carboxylic acids is 1. The van der Waals surface area contributed by atoms with Crippen LogP contribution < -0.4 is 0 Å². The maximum absolute atomic E-state index is 9.19. The zero-order valence-corrected chi connectivity index (χ0v) is 9.15. The van der Waals surface area contributed by atoms with Crippen molar-refractivity contribution in [3.8, 4) is 5.75 Å². The summed E-state index contributed by atoms with van der Waals surface area (Å²) in [6.45, 7) is 10.8. The number of carbonyl (C=O) groups is 1. The molecule has 15 heavy (non-hydrogen) atoms. The fourth-order valence-corrected chi connectivity index (χ4v) is 0.839. The van der Waals surface area contributed by atoms with Gasteiger partial charge in [0.05, 0.1) is 0 Å². The highest BCUT2D eigenvalue weighted by atomic mass is 16.3. The maximum atomic E-state index is 9.19. The normalized spacial score (nSPS) is 7.27. The molecule has 1 aromatic carbocycles. The number of hydrogen-bond acceptors (Lipinski definition) is 2. The Labute approximate surface area is 91.6 Å². The Bertz CT molecular complexity index is 280. The van der Waals surface area contributed by atoms with E-state index in [2.05, 4.69) is 13.2 Å². The highest BCUT2D eigenvalue weighted by Gasteiger charge is 1.93. The lowest BCUT2D eigenvalue weighted by molar-refractivity contribution is -0.0979. The van der Waals surface area contributed by atoms with Crippen LogP contribution >= 0.6 is 0 Å². The zero-order valence-electron chi connectivity index (χ0n) is 9.15. The van der Waals surface area contributed by atoms with Gasteiger partial charge in [-0.1, -0.05) is 30.4 Å². The van der Waals surface area contributed by atoms with Crippen LogP contribution in [0.25, 0.3) is 0 Å². The molecule has 0 atom stereocenters. The second kappa shape index (κ2) is 12.2. The highest BCUT2D eigenvalue weighted by molar-refractivity contribution is 5.32. The summed E-state index contributed by atoms with van der Waals surface area (Å²) in [5, 5.41) is 9.19. The van der Waals surface area contributed by atoms with Crippen LogP contribution in [0.2, 0.25) is 0 Å². The summed E-state index contributed by atoms with van der Waals surface area (Å²) >= 11 is 0. The van der Waals surface area contributed by atoms with E-state index < -0.39 is 0 Å². The van der Waals surface area contributed by atoms with Gasteiger partial charge in [-0.3, -0.25) is 0 Å². The molecule has 82 valence electrons. The first kappa shape index (κ1) is 15.6. The molecule has 0 saturated carbocycles. The molecule has 0 amide bonds. The number of phenols is 1. The fourth-order valence-electron chi connectivity index (χ4n) is 0.839. The van der Waals surface area contributed by atoms with Gasteiger partial charge in [0.1, 0.15) is 12.5 Å². The summed E-state index contributed by atoms with van der Waals surface area (Å²) in [7, 11) is 0. The Morgan fingerprint density at radius 2 is 1.73 bits per heavy atom. The SMILES string of the molecule is C=CC.C=CCc1ccccc1O.C=O. The molecule has 0 aliphatic heterocycles. The number of rotatable bonds is 2. The molecule has 2 nitrogen and oxygen atoms in total. The summed E-state index contributed by atoms with van der Waals surface area (Å²) in [6, 6.07) is 7.27. The van der Waals surface area contributed by atoms with Crippen molar-refractivity contribution in [2.24, 2.45) is 0 Å². The monoisotopic (exact) mass is 206 g/mol. The van der Waals surface area contributed by atoms with Crippen molar-refractivity contribution in [2.75, 3.05) is 0 Å². The number of allylic oxidation sites excluding steroid dienone is 2. The molecule has 1 rings (SSSR count). The Balaban J connectivity index is 0. The van der Waals surface area contributed by atoms with Crippen molar-refractivity contribution in [1.82, 2.24) is 0 Å². The third kappa shape index (κ3) is 8.50. The molecule has 0 fully saturated rings. The number of benzene rings is 1. The Kier molecular flexibility index (Phi) is 12.7. The number of hydrogen-bond donors (Lipinski definition) is 1. The summed E-state index contributed by atoms with van der Waals surface area (Å²) in [5.74, 6) is 0.349. The predicted octanol–water partition coefficient (Wildman–Crippen LogP) is 3.13. The van der Waals surface area contributed by atoms with Gasteiger partial charge in [0, 0.05) is 0 Å². The average Bonchev–Trinajstić information content (AvgIpc) is 2.26. The summed E-state index contributed by atoms with van der Waals surface area (Å²) in [5.41, 5.74) is 0.928. The molecule has 1 aromatic rings. The van der Waals surface area contributed by atoms with E-state index in [1.807, 2.05) is 31.9 Å². The minimum atomic E-state index is 0.349. The van der Waals surface area contributed by atoms with Gasteiger partial charge in [0.15, 0.2) is 0 Å². The third-order valence-corrected chi connectivity index (χ3v) is 1.36. The molecular weight excluding hydrogens is 188 g/mol. The van der Waals surface area contributed by atoms with Crippen molar-refractivity contribution < 1.29 is 9.90 Å². The van der Waals surface area contributed by atoms with Crippen LogP contribution in [-0.4, -0.2) is 11.9 Å². The predicted molar refractivity (Wildman–Crippen MR) is 65.0 cm³/mol. The van der Waals surface area contributed by atoms with Crippen LogP contribution in [-0.2, 0) is 11.2 Å². The second-order valence-corrected chi connectivity index (χ2v) is 2.53. The summed E-state index contributed by atoms with van der Waals surface area (Å²) < 4.78 is 0. The van der Waals surface area contributed by atoms with Gasteiger partial charge in [-0.2, -0.15) is 0 Å². The van der Waals surface area contributed by atoms with Gasteiger partial charge in [0.25, 0.3) is 0 Å². The van der Waals surface area contributed by atoms with E-state index in [1.54, 1.807) is 18.2 Å². The van der Waals surface area contributed by atoms with Crippen molar-refractivity contribution in [1.29, 1.82) is 0 Å². The van der Waals surface area contributed by atoms with E-state index in [0.29, 0.717) is 5.75 Å². The first-order valence-corrected chi connectivity index (χ1v) is 4.50. The Morgan fingerprint density at radius 1 is 1.27 bits per heavy atom. The molecule has 0 aromatic heterocycles. The molecule has 0 radical (unpaired) electrons. The topological polar surface area (TPSA) is 37.3 Å². The Morgan fingerprint density at radius 3 is 2.13 bits per heavy atom. The first-order chi connectivity index (χ1) is 7.26. The van der Waals surface area contributed by atoms with Crippen LogP contribution in [0.1, 0.15) is 12.5 Å². The van der Waals surface area contributed by atoms with Crippen molar-refractivity contribution in [2.45, 2.75) is 13.3 Å². The average molecular weight is 206 g/mol. The minimum Gasteiger partial charge on any atom is -0.508 e. The smallest absolute Gasteiger partial charge is 0.119 e. The standard InChI is InChI=1S/C9H10O.C3H6.CH2O/c1-2-5-8-6-3-4-7-9(8)10;1-3-2;1-2/h2-4,6-7,10H,1,5H2;3H,1H2,2H3;1H2. The van der Waals surface area contributed by atoms with Crippen LogP contribution in [0.4, 0.5) is 0 Å². The van der Waals surface area contributed by atoms with Crippen molar-refractivity contribution >= 4 is 6.79 Å². The van der Waals surface area contributed by atoms with E-state index in [1.165, 1.54) is 0 Å². The van der Waals surface area contributed by atoms with E-state index in [-0.39, 0.29) is 0 Å². The molecule has 0 aliphatic rings. The van der Waals surface area contributed by atoms with Gasteiger partial charge in [0.2, 0.25) is 0 Å². The van der Waals surface area contributed by atoms with E-state index in [4.69, 9.17) is 4.79 Å². The lowest BCUT2D eigenvalue weighted by atomic mass is 10.1. The van der Waals surface area contributed by atoms with Crippen molar-refractivity contribution in [3.63, 3.8) is 0 Å². The van der Waals surface area contributed by atoms with Crippen LogP contribution in [0.15, 0.2) is 49.6 Å². The fraction of sp³-hybridized carbons (Fsp3) is 0.154. The van der Waals surface area contributed by atoms with E-state index in [0.717, 1.165) is 12.0 Å². The molecule has 1 N–H and O–H groups in total. The van der Waals surface area contributed by atoms with Crippen LogP contribution in [0, 0.1) is 0 Å². The molecule has 0 unspecified atom stereocenters. The van der Waals surface area contributed by atoms with Gasteiger partial charge in [-0.05, 0) is 25.0 Å². The lowest BCUT2D eigenvalue weighted by Gasteiger charge is -1.97. The van der Waals surface area contributed by atoms with Gasteiger partial charge < -0.3 is 9.90 Å². The van der Waals surface area contributed by atoms with E-state index in [9.17, 15) is 5.11 Å². The lowest BCUT2D eigenvalue weighted by Crippen LogP contribution is -1.79. The van der Waals surface area contributed by atoms with Crippen LogP contribution in [0.5, 0.6) is 5.75 Å². The summed E-state index contributed by atoms with van der Waals surface area (Å²) in [6.07, 6.45) is 4.25. The minimum absolute atomic E-state index is 0.349. The Hall–Kier alpha value is -1.83. The number of para-hydroxylation sites is 1. The molecule has 0 spiro atoms. The van der Waals surface area contributed by atoms with Crippen molar-refractivity contribution in [3.05, 3.63) is 55.1 Å². The van der Waals surface area contributed by atoms with Crippen LogP contribution in [0.3, 0.4) is 0 Å². The maximum Gasteiger partial charge on any atom is 0.119 e. The second-order valence-electron chi connectivity index (χ2n) is 2.53.